The van der Waals surface area contributed by atoms with E-state index >= 15 is 0 Å². The van der Waals surface area contributed by atoms with Gasteiger partial charge >= 0.3 is 0 Å². The van der Waals surface area contributed by atoms with Gasteiger partial charge in [-0.15, -0.1) is 11.3 Å². The molecule has 0 radical (unpaired) electrons. The number of aryl methyl sites for hydroxylation is 2. The normalized spacial score (nSPS) is 12.6. The Kier molecular flexibility index (Phi) is 4.29. The molecule has 2 rings (SSSR count). The van der Waals surface area contributed by atoms with E-state index in [-0.39, 0.29) is 0 Å². The number of rotatable bonds is 5. The van der Waals surface area contributed by atoms with Crippen molar-refractivity contribution in [1.82, 2.24) is 10.3 Å². The molecule has 0 saturated heterocycles. The number of pyridine rings is 1. The number of nitrogens with zero attached hydrogens (tertiary/aromatic N) is 1. The largest absolute Gasteiger partial charge is 0.312 e. The molecule has 90 valence electrons. The quantitative estimate of drug-likeness (QED) is 0.875. The van der Waals surface area contributed by atoms with Crippen molar-refractivity contribution in [3.8, 4) is 0 Å². The Hall–Kier alpha value is -1.19. The summed E-state index contributed by atoms with van der Waals surface area (Å²) in [6.45, 7) is 2.18. The highest BCUT2D eigenvalue weighted by molar-refractivity contribution is 7.10. The summed E-state index contributed by atoms with van der Waals surface area (Å²) in [7, 11) is 2.03. The molecule has 2 aromatic rings. The average molecular weight is 246 g/mol. The van der Waals surface area contributed by atoms with Crippen molar-refractivity contribution >= 4 is 11.3 Å². The minimum absolute atomic E-state index is 0.454. The number of thiophene rings is 1. The summed E-state index contributed by atoms with van der Waals surface area (Å²) in [5.74, 6) is 0. The van der Waals surface area contributed by atoms with Gasteiger partial charge in [-0.3, -0.25) is 4.98 Å². The van der Waals surface area contributed by atoms with Crippen LogP contribution < -0.4 is 5.32 Å². The van der Waals surface area contributed by atoms with Crippen LogP contribution in [0.2, 0.25) is 0 Å². The topological polar surface area (TPSA) is 24.9 Å². The second-order valence-electron chi connectivity index (χ2n) is 4.21. The van der Waals surface area contributed by atoms with Crippen molar-refractivity contribution in [2.45, 2.75) is 25.8 Å². The van der Waals surface area contributed by atoms with Gasteiger partial charge in [0.1, 0.15) is 0 Å². The van der Waals surface area contributed by atoms with E-state index in [0.29, 0.717) is 6.04 Å². The van der Waals surface area contributed by atoms with Gasteiger partial charge in [-0.2, -0.15) is 0 Å². The third-order valence-electron chi connectivity index (χ3n) is 3.01. The monoisotopic (exact) mass is 246 g/mol. The van der Waals surface area contributed by atoms with Crippen molar-refractivity contribution in [2.24, 2.45) is 0 Å². The third-order valence-corrected chi connectivity index (χ3v) is 4.14. The Morgan fingerprint density at radius 3 is 2.88 bits per heavy atom. The first-order valence-electron chi connectivity index (χ1n) is 5.91. The molecular formula is C14H18N2S. The van der Waals surface area contributed by atoms with Gasteiger partial charge in [0.05, 0.1) is 0 Å². The molecule has 1 N–H and O–H groups in total. The predicted molar refractivity (Wildman–Crippen MR) is 73.4 cm³/mol. The highest BCUT2D eigenvalue weighted by atomic mass is 32.1. The molecule has 0 aliphatic heterocycles. The summed E-state index contributed by atoms with van der Waals surface area (Å²) >= 11 is 1.84. The molecule has 2 heterocycles. The van der Waals surface area contributed by atoms with Crippen LogP contribution in [-0.4, -0.2) is 12.0 Å². The molecule has 17 heavy (non-hydrogen) atoms. The fourth-order valence-electron chi connectivity index (χ4n) is 2.00. The van der Waals surface area contributed by atoms with Gasteiger partial charge < -0.3 is 5.32 Å². The van der Waals surface area contributed by atoms with Gasteiger partial charge in [-0.05, 0) is 55.5 Å². The summed E-state index contributed by atoms with van der Waals surface area (Å²) < 4.78 is 0. The summed E-state index contributed by atoms with van der Waals surface area (Å²) in [6.07, 6.45) is 5.96. The number of hydrogen-bond acceptors (Lipinski definition) is 3. The second-order valence-corrected chi connectivity index (χ2v) is 5.16. The predicted octanol–water partition coefficient (Wildman–Crippen LogP) is 3.34. The smallest absolute Gasteiger partial charge is 0.0418 e. The Balaban J connectivity index is 2.00. The minimum Gasteiger partial charge on any atom is -0.312 e. The second kappa shape index (κ2) is 5.94. The highest BCUT2D eigenvalue weighted by Crippen LogP contribution is 2.26. The lowest BCUT2D eigenvalue weighted by Crippen LogP contribution is -2.16. The SMILES string of the molecule is CNC(CCc1cccnc1)c1sccc1C. The van der Waals surface area contributed by atoms with Crippen LogP contribution in [0.4, 0.5) is 0 Å². The van der Waals surface area contributed by atoms with Gasteiger partial charge in [-0.1, -0.05) is 6.07 Å². The van der Waals surface area contributed by atoms with Crippen LogP contribution in [0.1, 0.15) is 28.5 Å². The first-order valence-corrected chi connectivity index (χ1v) is 6.79. The fraction of sp³-hybridized carbons (Fsp3) is 0.357. The van der Waals surface area contributed by atoms with Crippen molar-refractivity contribution in [3.63, 3.8) is 0 Å². The lowest BCUT2D eigenvalue weighted by molar-refractivity contribution is 0.555. The van der Waals surface area contributed by atoms with E-state index in [9.17, 15) is 0 Å². The van der Waals surface area contributed by atoms with Crippen LogP contribution in [-0.2, 0) is 6.42 Å². The Bertz CT molecular complexity index is 450. The molecule has 1 atom stereocenters. The molecule has 0 aliphatic rings. The van der Waals surface area contributed by atoms with Crippen LogP contribution in [0.3, 0.4) is 0 Å². The van der Waals surface area contributed by atoms with E-state index in [1.54, 1.807) is 0 Å². The van der Waals surface area contributed by atoms with Crippen molar-refractivity contribution in [3.05, 3.63) is 52.0 Å². The molecule has 0 saturated carbocycles. The van der Waals surface area contributed by atoms with E-state index in [4.69, 9.17) is 0 Å². The molecule has 0 spiro atoms. The highest BCUT2D eigenvalue weighted by Gasteiger charge is 2.12. The Morgan fingerprint density at radius 1 is 1.41 bits per heavy atom. The minimum atomic E-state index is 0.454. The number of hydrogen-bond donors (Lipinski definition) is 1. The first kappa shape index (κ1) is 12.3. The van der Waals surface area contributed by atoms with Crippen LogP contribution in [0.5, 0.6) is 0 Å². The maximum Gasteiger partial charge on any atom is 0.0418 e. The van der Waals surface area contributed by atoms with Crippen LogP contribution in [0.25, 0.3) is 0 Å². The number of nitrogens with one attached hydrogen (secondary N) is 1. The molecule has 0 aromatic carbocycles. The van der Waals surface area contributed by atoms with Gasteiger partial charge in [0.25, 0.3) is 0 Å². The molecule has 0 amide bonds. The van der Waals surface area contributed by atoms with Gasteiger partial charge in [0.2, 0.25) is 0 Å². The number of aromatic nitrogens is 1. The van der Waals surface area contributed by atoms with Gasteiger partial charge in [0, 0.05) is 23.3 Å². The van der Waals surface area contributed by atoms with Gasteiger partial charge in [-0.25, -0.2) is 0 Å². The van der Waals surface area contributed by atoms with Crippen LogP contribution >= 0.6 is 11.3 Å². The van der Waals surface area contributed by atoms with Gasteiger partial charge in [0.15, 0.2) is 0 Å². The molecule has 2 nitrogen and oxygen atoms in total. The maximum atomic E-state index is 4.15. The lowest BCUT2D eigenvalue weighted by Gasteiger charge is -2.15. The van der Waals surface area contributed by atoms with Crippen molar-refractivity contribution < 1.29 is 0 Å². The zero-order valence-corrected chi connectivity index (χ0v) is 11.1. The molecule has 1 unspecified atom stereocenters. The van der Waals surface area contributed by atoms with Crippen LogP contribution in [0.15, 0.2) is 36.0 Å². The summed E-state index contributed by atoms with van der Waals surface area (Å²) in [4.78, 5) is 5.61. The first-order chi connectivity index (χ1) is 8.31. The van der Waals surface area contributed by atoms with E-state index < -0.39 is 0 Å². The van der Waals surface area contributed by atoms with Crippen LogP contribution in [0, 0.1) is 6.92 Å². The zero-order valence-electron chi connectivity index (χ0n) is 10.3. The summed E-state index contributed by atoms with van der Waals surface area (Å²) in [5.41, 5.74) is 2.70. The molecule has 0 aliphatic carbocycles. The molecule has 3 heteroatoms. The Labute approximate surface area is 107 Å². The zero-order chi connectivity index (χ0) is 12.1. The van der Waals surface area contributed by atoms with E-state index in [1.165, 1.54) is 16.0 Å². The van der Waals surface area contributed by atoms with Crippen molar-refractivity contribution in [1.29, 1.82) is 0 Å². The maximum absolute atomic E-state index is 4.15. The fourth-order valence-corrected chi connectivity index (χ4v) is 3.08. The average Bonchev–Trinajstić information content (AvgIpc) is 2.78. The van der Waals surface area contributed by atoms with E-state index in [1.807, 2.05) is 36.8 Å². The van der Waals surface area contributed by atoms with E-state index in [0.717, 1.165) is 12.8 Å². The molecular weight excluding hydrogens is 228 g/mol. The van der Waals surface area contributed by atoms with Crippen molar-refractivity contribution in [2.75, 3.05) is 7.05 Å². The summed E-state index contributed by atoms with van der Waals surface area (Å²) in [5, 5.41) is 5.57. The third kappa shape index (κ3) is 3.14. The van der Waals surface area contributed by atoms with E-state index in [2.05, 4.69) is 34.7 Å². The lowest BCUT2D eigenvalue weighted by atomic mass is 10.0. The summed E-state index contributed by atoms with van der Waals surface area (Å²) in [6, 6.07) is 6.78. The molecule has 2 aromatic heterocycles. The standard InChI is InChI=1S/C14H18N2S/c1-11-7-9-17-14(11)13(15-2)6-5-12-4-3-8-16-10-12/h3-4,7-10,13,15H,5-6H2,1-2H3. The Morgan fingerprint density at radius 2 is 2.29 bits per heavy atom. The molecule has 0 bridgehead atoms. The molecule has 0 fully saturated rings.